The van der Waals surface area contributed by atoms with E-state index in [1.54, 1.807) is 12.1 Å². The molecule has 2 aromatic carbocycles. The van der Waals surface area contributed by atoms with Gasteiger partial charge in [-0.2, -0.15) is 0 Å². The van der Waals surface area contributed by atoms with Gasteiger partial charge in [-0.05, 0) is 42.5 Å². The molecule has 1 amide bonds. The van der Waals surface area contributed by atoms with Gasteiger partial charge in [0.05, 0.1) is 0 Å². The van der Waals surface area contributed by atoms with Crippen molar-refractivity contribution >= 4 is 5.91 Å². The van der Waals surface area contributed by atoms with E-state index in [2.05, 4.69) is 0 Å². The number of rotatable bonds is 2. The number of piperidine rings is 1. The first kappa shape index (κ1) is 14.4. The molecule has 1 saturated heterocycles. The minimum Gasteiger partial charge on any atom is -0.508 e. The zero-order chi connectivity index (χ0) is 15.5. The van der Waals surface area contributed by atoms with Crippen molar-refractivity contribution in [3.63, 3.8) is 0 Å². The lowest BCUT2D eigenvalue weighted by Crippen LogP contribution is -2.37. The average Bonchev–Trinajstić information content (AvgIpc) is 2.55. The van der Waals surface area contributed by atoms with Gasteiger partial charge in [-0.15, -0.1) is 0 Å². The molecule has 4 heteroatoms. The summed E-state index contributed by atoms with van der Waals surface area (Å²) >= 11 is 0. The normalized spacial score (nSPS) is 15.7. The topological polar surface area (TPSA) is 60.8 Å². The molecule has 114 valence electrons. The summed E-state index contributed by atoms with van der Waals surface area (Å²) in [6, 6.07) is 14.0. The van der Waals surface area contributed by atoms with Crippen molar-refractivity contribution in [1.82, 2.24) is 4.90 Å². The number of amides is 1. The number of nitrogens with zero attached hydrogens (tertiary/aromatic N) is 1. The Kier molecular flexibility index (Phi) is 4.00. The highest BCUT2D eigenvalue weighted by Crippen LogP contribution is 2.35. The molecular formula is C18H19NO3. The molecule has 0 radical (unpaired) electrons. The average molecular weight is 297 g/mol. The third kappa shape index (κ3) is 2.91. The maximum absolute atomic E-state index is 12.4. The Labute approximate surface area is 129 Å². The van der Waals surface area contributed by atoms with E-state index in [4.69, 9.17) is 0 Å². The standard InChI is InChI=1S/C18H19NO3/c20-15-6-7-16(17(21)12-15)13-8-10-19(11-9-13)18(22)14-4-2-1-3-5-14/h1-7,12-13,20-21H,8-11H2. The fourth-order valence-electron chi connectivity index (χ4n) is 3.03. The highest BCUT2D eigenvalue weighted by atomic mass is 16.3. The van der Waals surface area contributed by atoms with Crippen molar-refractivity contribution in [2.24, 2.45) is 0 Å². The van der Waals surface area contributed by atoms with Crippen LogP contribution in [0.1, 0.15) is 34.7 Å². The van der Waals surface area contributed by atoms with Crippen LogP contribution in [0.5, 0.6) is 11.5 Å². The second-order valence-electron chi connectivity index (χ2n) is 5.68. The third-order valence-electron chi connectivity index (χ3n) is 4.26. The minimum absolute atomic E-state index is 0.0639. The Balaban J connectivity index is 1.66. The van der Waals surface area contributed by atoms with Gasteiger partial charge < -0.3 is 15.1 Å². The van der Waals surface area contributed by atoms with Gasteiger partial charge in [-0.1, -0.05) is 24.3 Å². The summed E-state index contributed by atoms with van der Waals surface area (Å²) in [5, 5.41) is 19.3. The molecule has 1 fully saturated rings. The molecule has 4 nitrogen and oxygen atoms in total. The van der Waals surface area contributed by atoms with Crippen molar-refractivity contribution in [1.29, 1.82) is 0 Å². The number of aromatic hydroxyl groups is 2. The molecule has 2 N–H and O–H groups in total. The number of hydrogen-bond donors (Lipinski definition) is 2. The molecule has 22 heavy (non-hydrogen) atoms. The quantitative estimate of drug-likeness (QED) is 0.895. The summed E-state index contributed by atoms with van der Waals surface area (Å²) in [5.41, 5.74) is 1.57. The van der Waals surface area contributed by atoms with E-state index in [1.165, 1.54) is 6.07 Å². The molecule has 0 unspecified atom stereocenters. The molecule has 0 aromatic heterocycles. The molecule has 0 atom stereocenters. The fraction of sp³-hybridized carbons (Fsp3) is 0.278. The van der Waals surface area contributed by atoms with Gasteiger partial charge >= 0.3 is 0 Å². The van der Waals surface area contributed by atoms with E-state index < -0.39 is 0 Å². The monoisotopic (exact) mass is 297 g/mol. The van der Waals surface area contributed by atoms with Crippen LogP contribution in [-0.2, 0) is 0 Å². The number of carbonyl (C=O) groups is 1. The summed E-state index contributed by atoms with van der Waals surface area (Å²) in [7, 11) is 0. The Morgan fingerprint density at radius 1 is 1.00 bits per heavy atom. The van der Waals surface area contributed by atoms with E-state index in [9.17, 15) is 15.0 Å². The molecule has 0 bridgehead atoms. The molecule has 0 aliphatic carbocycles. The summed E-state index contributed by atoms with van der Waals surface area (Å²) in [6.07, 6.45) is 1.63. The third-order valence-corrected chi connectivity index (χ3v) is 4.26. The van der Waals surface area contributed by atoms with Crippen molar-refractivity contribution in [3.8, 4) is 11.5 Å². The number of carbonyl (C=O) groups excluding carboxylic acids is 1. The second-order valence-corrected chi connectivity index (χ2v) is 5.68. The maximum atomic E-state index is 12.4. The summed E-state index contributed by atoms with van der Waals surface area (Å²) in [4.78, 5) is 14.3. The van der Waals surface area contributed by atoms with Gasteiger partial charge in [-0.3, -0.25) is 4.79 Å². The largest absolute Gasteiger partial charge is 0.508 e. The van der Waals surface area contributed by atoms with Crippen LogP contribution < -0.4 is 0 Å². The lowest BCUT2D eigenvalue weighted by Gasteiger charge is -2.32. The van der Waals surface area contributed by atoms with Gasteiger partial charge in [0.2, 0.25) is 0 Å². The number of likely N-dealkylation sites (tertiary alicyclic amines) is 1. The summed E-state index contributed by atoms with van der Waals surface area (Å²) < 4.78 is 0. The molecule has 1 aliphatic rings. The van der Waals surface area contributed by atoms with E-state index >= 15 is 0 Å². The van der Waals surface area contributed by atoms with Crippen LogP contribution in [0, 0.1) is 0 Å². The molecule has 0 saturated carbocycles. The van der Waals surface area contributed by atoms with Crippen molar-refractivity contribution in [2.75, 3.05) is 13.1 Å². The maximum Gasteiger partial charge on any atom is 0.253 e. The number of phenolic OH excluding ortho intramolecular Hbond substituents is 2. The first-order chi connectivity index (χ1) is 10.6. The zero-order valence-corrected chi connectivity index (χ0v) is 12.3. The number of hydrogen-bond acceptors (Lipinski definition) is 3. The smallest absolute Gasteiger partial charge is 0.253 e. The van der Waals surface area contributed by atoms with Crippen LogP contribution in [0.25, 0.3) is 0 Å². The number of phenols is 2. The Morgan fingerprint density at radius 2 is 1.68 bits per heavy atom. The van der Waals surface area contributed by atoms with Crippen molar-refractivity contribution in [2.45, 2.75) is 18.8 Å². The Hall–Kier alpha value is -2.49. The highest BCUT2D eigenvalue weighted by Gasteiger charge is 2.25. The first-order valence-corrected chi connectivity index (χ1v) is 7.51. The summed E-state index contributed by atoms with van der Waals surface area (Å²) in [6.45, 7) is 1.36. The first-order valence-electron chi connectivity index (χ1n) is 7.51. The predicted molar refractivity (Wildman–Crippen MR) is 84.1 cm³/mol. The van der Waals surface area contributed by atoms with E-state index in [1.807, 2.05) is 35.2 Å². The Morgan fingerprint density at radius 3 is 2.32 bits per heavy atom. The van der Waals surface area contributed by atoms with Gasteiger partial charge in [0.15, 0.2) is 0 Å². The van der Waals surface area contributed by atoms with E-state index in [0.717, 1.165) is 18.4 Å². The SMILES string of the molecule is O=C(c1ccccc1)N1CCC(c2ccc(O)cc2O)CC1. The summed E-state index contributed by atoms with van der Waals surface area (Å²) in [5.74, 6) is 0.486. The number of benzene rings is 2. The lowest BCUT2D eigenvalue weighted by molar-refractivity contribution is 0.0712. The van der Waals surface area contributed by atoms with Crippen molar-refractivity contribution in [3.05, 3.63) is 59.7 Å². The molecule has 3 rings (SSSR count). The lowest BCUT2D eigenvalue weighted by atomic mass is 9.88. The van der Waals surface area contributed by atoms with Gasteiger partial charge in [0.25, 0.3) is 5.91 Å². The van der Waals surface area contributed by atoms with Crippen molar-refractivity contribution < 1.29 is 15.0 Å². The van der Waals surface area contributed by atoms with Gasteiger partial charge in [-0.25, -0.2) is 0 Å². The van der Waals surface area contributed by atoms with Crippen LogP contribution in [0.4, 0.5) is 0 Å². The Bertz CT molecular complexity index is 661. The van der Waals surface area contributed by atoms with Crippen LogP contribution in [0.2, 0.25) is 0 Å². The highest BCUT2D eigenvalue weighted by molar-refractivity contribution is 5.94. The fourth-order valence-corrected chi connectivity index (χ4v) is 3.03. The molecular weight excluding hydrogens is 278 g/mol. The van der Waals surface area contributed by atoms with Gasteiger partial charge in [0.1, 0.15) is 11.5 Å². The van der Waals surface area contributed by atoms with Crippen LogP contribution in [-0.4, -0.2) is 34.1 Å². The van der Waals surface area contributed by atoms with E-state index in [0.29, 0.717) is 18.7 Å². The molecule has 1 heterocycles. The predicted octanol–water partition coefficient (Wildman–Crippen LogP) is 3.12. The second kappa shape index (κ2) is 6.10. The van der Waals surface area contributed by atoms with Crippen LogP contribution in [0.15, 0.2) is 48.5 Å². The minimum atomic E-state index is 0.0639. The molecule has 2 aromatic rings. The van der Waals surface area contributed by atoms with Gasteiger partial charge in [0, 0.05) is 24.7 Å². The molecule has 1 aliphatic heterocycles. The van der Waals surface area contributed by atoms with Crippen LogP contribution >= 0.6 is 0 Å². The van der Waals surface area contributed by atoms with E-state index in [-0.39, 0.29) is 23.3 Å². The zero-order valence-electron chi connectivity index (χ0n) is 12.3. The molecule has 0 spiro atoms. The van der Waals surface area contributed by atoms with Crippen LogP contribution in [0.3, 0.4) is 0 Å².